The van der Waals surface area contributed by atoms with Crippen molar-refractivity contribution >= 4 is 0 Å². The molecule has 0 aliphatic heterocycles. The van der Waals surface area contributed by atoms with Crippen molar-refractivity contribution in [2.45, 2.75) is 44.8 Å². The Hall–Kier alpha value is -1.48. The first-order valence-electron chi connectivity index (χ1n) is 5.87. The third-order valence-corrected chi connectivity index (χ3v) is 2.02. The summed E-state index contributed by atoms with van der Waals surface area (Å²) in [6.45, 7) is 5.53. The Balaban J connectivity index is 3.91. The number of aliphatic hydroxyl groups is 2. The van der Waals surface area contributed by atoms with E-state index in [-0.39, 0.29) is 0 Å². The highest BCUT2D eigenvalue weighted by molar-refractivity contribution is 5.31. The first-order chi connectivity index (χ1) is 8.20. The summed E-state index contributed by atoms with van der Waals surface area (Å²) in [6, 6.07) is 0. The van der Waals surface area contributed by atoms with Gasteiger partial charge in [-0.1, -0.05) is 50.3 Å². The maximum Gasteiger partial charge on any atom is 0.134 e. The average molecular weight is 232 g/mol. The molecule has 0 aliphatic carbocycles. The van der Waals surface area contributed by atoms with Crippen molar-refractivity contribution in [2.75, 3.05) is 0 Å². The average Bonchev–Trinajstić information content (AvgIpc) is 2.34. The van der Waals surface area contributed by atoms with Crippen LogP contribution in [0.15, 0.2) is 24.8 Å². The molecule has 92 valence electrons. The maximum absolute atomic E-state index is 9.42. The van der Waals surface area contributed by atoms with Crippen LogP contribution in [0.25, 0.3) is 0 Å². The van der Waals surface area contributed by atoms with Crippen molar-refractivity contribution in [1.29, 1.82) is 0 Å². The largest absolute Gasteiger partial charge is 0.377 e. The molecule has 2 N–H and O–H groups in total. The van der Waals surface area contributed by atoms with Gasteiger partial charge in [-0.25, -0.2) is 0 Å². The molecule has 0 radical (unpaired) electrons. The van der Waals surface area contributed by atoms with Gasteiger partial charge in [0, 0.05) is 0 Å². The molecule has 0 rings (SSSR count). The number of hydrogen-bond acceptors (Lipinski definition) is 2. The molecule has 2 nitrogen and oxygen atoms in total. The van der Waals surface area contributed by atoms with Crippen LogP contribution in [-0.2, 0) is 0 Å². The zero-order chi connectivity index (χ0) is 12.9. The van der Waals surface area contributed by atoms with Crippen LogP contribution in [-0.4, -0.2) is 22.4 Å². The van der Waals surface area contributed by atoms with Gasteiger partial charge in [0.25, 0.3) is 0 Å². The molecule has 0 heterocycles. The van der Waals surface area contributed by atoms with Crippen molar-refractivity contribution in [3.05, 3.63) is 24.8 Å². The maximum atomic E-state index is 9.42. The summed E-state index contributed by atoms with van der Waals surface area (Å²) in [6.07, 6.45) is 7.77. The fourth-order valence-corrected chi connectivity index (χ4v) is 1.06. The molecule has 0 unspecified atom stereocenters. The molecular formula is C15H20O2. The topological polar surface area (TPSA) is 40.5 Å². The fourth-order valence-electron chi connectivity index (χ4n) is 1.06. The SMILES string of the molecule is C=C[C@H](O)C#CC#C[C@@H](O)/C=C\CCCCC. The van der Waals surface area contributed by atoms with E-state index in [2.05, 4.69) is 37.2 Å². The van der Waals surface area contributed by atoms with Crippen LogP contribution in [0.4, 0.5) is 0 Å². The zero-order valence-corrected chi connectivity index (χ0v) is 10.3. The minimum absolute atomic E-state index is 0.785. The predicted molar refractivity (Wildman–Crippen MR) is 71.0 cm³/mol. The van der Waals surface area contributed by atoms with Crippen molar-refractivity contribution in [3.8, 4) is 23.7 Å². The monoisotopic (exact) mass is 232 g/mol. The Labute approximate surface area is 104 Å². The van der Waals surface area contributed by atoms with Gasteiger partial charge in [0.05, 0.1) is 0 Å². The molecule has 0 fully saturated rings. The fraction of sp³-hybridized carbons (Fsp3) is 0.467. The van der Waals surface area contributed by atoms with E-state index < -0.39 is 12.2 Å². The number of aliphatic hydroxyl groups excluding tert-OH is 2. The number of unbranched alkanes of at least 4 members (excludes halogenated alkanes) is 3. The zero-order valence-electron chi connectivity index (χ0n) is 10.3. The standard InChI is InChI=1S/C15H20O2/c1-3-5-6-7-8-12-15(17)13-10-9-11-14(16)4-2/h4,8,12,14-17H,2-3,5-7H2,1H3/b12-8-/t14-,15-/m0/s1. The van der Waals surface area contributed by atoms with Crippen molar-refractivity contribution in [3.63, 3.8) is 0 Å². The van der Waals surface area contributed by atoms with Crippen LogP contribution < -0.4 is 0 Å². The van der Waals surface area contributed by atoms with Gasteiger partial charge < -0.3 is 10.2 Å². The minimum Gasteiger partial charge on any atom is -0.377 e. The normalized spacial score (nSPS) is 13.1. The molecule has 0 bridgehead atoms. The van der Waals surface area contributed by atoms with Gasteiger partial charge in [-0.15, -0.1) is 0 Å². The second-order valence-corrected chi connectivity index (χ2v) is 3.59. The Morgan fingerprint density at radius 3 is 2.35 bits per heavy atom. The molecule has 0 amide bonds. The number of allylic oxidation sites excluding steroid dienone is 1. The second-order valence-electron chi connectivity index (χ2n) is 3.59. The van der Waals surface area contributed by atoms with Crippen LogP contribution in [0.3, 0.4) is 0 Å². The molecule has 0 aromatic carbocycles. The molecule has 0 saturated carbocycles. The molecule has 0 aliphatic rings. The summed E-state index contributed by atoms with van der Waals surface area (Å²) in [5.41, 5.74) is 0. The quantitative estimate of drug-likeness (QED) is 0.418. The summed E-state index contributed by atoms with van der Waals surface area (Å²) in [5, 5.41) is 18.4. The lowest BCUT2D eigenvalue weighted by Crippen LogP contribution is -1.97. The second kappa shape index (κ2) is 11.0. The summed E-state index contributed by atoms with van der Waals surface area (Å²) < 4.78 is 0. The van der Waals surface area contributed by atoms with Crippen LogP contribution in [0.2, 0.25) is 0 Å². The molecule has 17 heavy (non-hydrogen) atoms. The van der Waals surface area contributed by atoms with E-state index in [0.29, 0.717) is 0 Å². The minimum atomic E-state index is -0.856. The Morgan fingerprint density at radius 2 is 1.76 bits per heavy atom. The third kappa shape index (κ3) is 10.8. The highest BCUT2D eigenvalue weighted by Crippen LogP contribution is 2.00. The predicted octanol–water partition coefficient (Wildman–Crippen LogP) is 2.04. The van der Waals surface area contributed by atoms with Gasteiger partial charge in [0.2, 0.25) is 0 Å². The summed E-state index contributed by atoms with van der Waals surface area (Å²) in [5.74, 6) is 9.94. The lowest BCUT2D eigenvalue weighted by Gasteiger charge is -1.94. The van der Waals surface area contributed by atoms with Crippen LogP contribution in [0, 0.1) is 23.7 Å². The van der Waals surface area contributed by atoms with Gasteiger partial charge in [-0.2, -0.15) is 0 Å². The third-order valence-electron chi connectivity index (χ3n) is 2.02. The Bertz CT molecular complexity index is 347. The van der Waals surface area contributed by atoms with E-state index in [1.807, 2.05) is 6.08 Å². The van der Waals surface area contributed by atoms with E-state index in [0.717, 1.165) is 12.8 Å². The van der Waals surface area contributed by atoms with Crippen molar-refractivity contribution in [2.24, 2.45) is 0 Å². The van der Waals surface area contributed by atoms with E-state index in [1.54, 1.807) is 6.08 Å². The first kappa shape index (κ1) is 15.5. The van der Waals surface area contributed by atoms with E-state index in [1.165, 1.54) is 18.9 Å². The Kier molecular flexibility index (Phi) is 10.1. The highest BCUT2D eigenvalue weighted by atomic mass is 16.3. The molecule has 0 spiro atoms. The van der Waals surface area contributed by atoms with Crippen LogP contribution in [0.5, 0.6) is 0 Å². The summed E-state index contributed by atoms with van der Waals surface area (Å²) in [7, 11) is 0. The van der Waals surface area contributed by atoms with Gasteiger partial charge >= 0.3 is 0 Å². The summed E-state index contributed by atoms with van der Waals surface area (Å²) >= 11 is 0. The molecule has 0 saturated heterocycles. The number of hydrogen-bond donors (Lipinski definition) is 2. The van der Waals surface area contributed by atoms with Gasteiger partial charge in [-0.05, 0) is 30.8 Å². The smallest absolute Gasteiger partial charge is 0.134 e. The Morgan fingerprint density at radius 1 is 1.12 bits per heavy atom. The molecular weight excluding hydrogens is 212 g/mol. The lowest BCUT2D eigenvalue weighted by atomic mass is 10.2. The molecule has 0 aromatic rings. The number of rotatable bonds is 6. The summed E-state index contributed by atoms with van der Waals surface area (Å²) in [4.78, 5) is 0. The van der Waals surface area contributed by atoms with Crippen LogP contribution >= 0.6 is 0 Å². The molecule has 0 aromatic heterocycles. The van der Waals surface area contributed by atoms with Gasteiger partial charge in [-0.3, -0.25) is 0 Å². The van der Waals surface area contributed by atoms with Crippen molar-refractivity contribution in [1.82, 2.24) is 0 Å². The molecule has 2 atom stereocenters. The highest BCUT2D eigenvalue weighted by Gasteiger charge is 1.89. The first-order valence-corrected chi connectivity index (χ1v) is 5.87. The lowest BCUT2D eigenvalue weighted by molar-refractivity contribution is 0.280. The van der Waals surface area contributed by atoms with E-state index in [9.17, 15) is 5.11 Å². The van der Waals surface area contributed by atoms with E-state index >= 15 is 0 Å². The van der Waals surface area contributed by atoms with Crippen LogP contribution in [0.1, 0.15) is 32.6 Å². The van der Waals surface area contributed by atoms with Gasteiger partial charge in [0.15, 0.2) is 0 Å². The van der Waals surface area contributed by atoms with Crippen molar-refractivity contribution < 1.29 is 10.2 Å². The van der Waals surface area contributed by atoms with E-state index in [4.69, 9.17) is 5.11 Å². The van der Waals surface area contributed by atoms with Gasteiger partial charge in [0.1, 0.15) is 12.2 Å². The molecule has 2 heteroatoms.